The second-order valence-corrected chi connectivity index (χ2v) is 7.69. The average Bonchev–Trinajstić information content (AvgIpc) is 2.56. The molecule has 0 amide bonds. The monoisotopic (exact) mass is 349 g/mol. The van der Waals surface area contributed by atoms with Gasteiger partial charge in [0, 0.05) is 25.3 Å². The van der Waals surface area contributed by atoms with Crippen molar-refractivity contribution in [2.24, 2.45) is 0 Å². The SMILES string of the molecule is O=S(=O)(NC1CCCN(Cc2ccccn2)C1)c1cccc(F)c1. The van der Waals surface area contributed by atoms with Gasteiger partial charge in [-0.2, -0.15) is 0 Å². The molecule has 0 saturated carbocycles. The number of hydrogen-bond acceptors (Lipinski definition) is 4. The maximum Gasteiger partial charge on any atom is 0.240 e. The minimum absolute atomic E-state index is 0.0376. The van der Waals surface area contributed by atoms with Crippen LogP contribution >= 0.6 is 0 Å². The van der Waals surface area contributed by atoms with Gasteiger partial charge in [-0.1, -0.05) is 12.1 Å². The molecule has 2 aromatic rings. The largest absolute Gasteiger partial charge is 0.296 e. The highest BCUT2D eigenvalue weighted by Crippen LogP contribution is 2.16. The van der Waals surface area contributed by atoms with E-state index in [1.807, 2.05) is 18.2 Å². The van der Waals surface area contributed by atoms with Crippen LogP contribution in [0.5, 0.6) is 0 Å². The number of nitrogens with one attached hydrogen (secondary N) is 1. The number of sulfonamides is 1. The van der Waals surface area contributed by atoms with Crippen molar-refractivity contribution in [2.75, 3.05) is 13.1 Å². The predicted octanol–water partition coefficient (Wildman–Crippen LogP) is 2.16. The summed E-state index contributed by atoms with van der Waals surface area (Å²) in [5.74, 6) is -0.557. The molecule has 1 atom stereocenters. The molecular formula is C17H20FN3O2S. The van der Waals surface area contributed by atoms with Gasteiger partial charge in [-0.3, -0.25) is 9.88 Å². The lowest BCUT2D eigenvalue weighted by Gasteiger charge is -2.32. The second-order valence-electron chi connectivity index (χ2n) is 5.97. The summed E-state index contributed by atoms with van der Waals surface area (Å²) < 4.78 is 40.8. The number of likely N-dealkylation sites (tertiary alicyclic amines) is 1. The molecule has 1 aromatic carbocycles. The lowest BCUT2D eigenvalue weighted by atomic mass is 10.1. The number of nitrogens with zero attached hydrogens (tertiary/aromatic N) is 2. The van der Waals surface area contributed by atoms with Gasteiger partial charge in [-0.05, 0) is 49.7 Å². The number of aromatic nitrogens is 1. The zero-order chi connectivity index (χ0) is 17.0. The zero-order valence-corrected chi connectivity index (χ0v) is 14.0. The molecule has 0 radical (unpaired) electrons. The standard InChI is InChI=1S/C17H20FN3O2S/c18-14-5-3-8-17(11-14)24(22,23)20-16-7-4-10-21(13-16)12-15-6-1-2-9-19-15/h1-3,5-6,8-9,11,16,20H,4,7,10,12-13H2. The van der Waals surface area contributed by atoms with E-state index < -0.39 is 15.8 Å². The number of pyridine rings is 1. The molecule has 2 heterocycles. The van der Waals surface area contributed by atoms with Crippen LogP contribution in [-0.4, -0.2) is 37.4 Å². The normalized spacial score (nSPS) is 19.3. The Kier molecular flexibility index (Phi) is 5.23. The summed E-state index contributed by atoms with van der Waals surface area (Å²) in [4.78, 5) is 6.46. The van der Waals surface area contributed by atoms with Crippen LogP contribution in [0.25, 0.3) is 0 Å². The van der Waals surface area contributed by atoms with E-state index in [9.17, 15) is 12.8 Å². The number of hydrogen-bond donors (Lipinski definition) is 1. The predicted molar refractivity (Wildman–Crippen MR) is 89.3 cm³/mol. The first-order chi connectivity index (χ1) is 11.5. The van der Waals surface area contributed by atoms with Crippen LogP contribution in [0.2, 0.25) is 0 Å². The quantitative estimate of drug-likeness (QED) is 0.899. The van der Waals surface area contributed by atoms with Gasteiger partial charge in [0.25, 0.3) is 0 Å². The van der Waals surface area contributed by atoms with E-state index in [0.29, 0.717) is 13.1 Å². The van der Waals surface area contributed by atoms with Crippen molar-refractivity contribution in [1.82, 2.24) is 14.6 Å². The summed E-state index contributed by atoms with van der Waals surface area (Å²) in [6, 6.07) is 10.7. The molecule has 0 bridgehead atoms. The number of rotatable bonds is 5. The van der Waals surface area contributed by atoms with Crippen molar-refractivity contribution in [1.29, 1.82) is 0 Å². The summed E-state index contributed by atoms with van der Waals surface area (Å²) in [7, 11) is -3.71. The minimum Gasteiger partial charge on any atom is -0.296 e. The Hall–Kier alpha value is -1.83. The summed E-state index contributed by atoms with van der Waals surface area (Å²) in [5, 5.41) is 0. The van der Waals surface area contributed by atoms with Crippen LogP contribution in [-0.2, 0) is 16.6 Å². The molecule has 1 aliphatic heterocycles. The summed E-state index contributed by atoms with van der Waals surface area (Å²) >= 11 is 0. The highest BCUT2D eigenvalue weighted by atomic mass is 32.2. The van der Waals surface area contributed by atoms with Gasteiger partial charge in [0.15, 0.2) is 0 Å². The Morgan fingerprint density at radius 3 is 2.88 bits per heavy atom. The molecule has 1 N–H and O–H groups in total. The maximum absolute atomic E-state index is 13.3. The number of halogens is 1. The van der Waals surface area contributed by atoms with E-state index in [0.717, 1.165) is 31.1 Å². The molecule has 1 fully saturated rings. The molecule has 3 rings (SSSR count). The summed E-state index contributed by atoms with van der Waals surface area (Å²) in [6.45, 7) is 2.22. The summed E-state index contributed by atoms with van der Waals surface area (Å²) in [5.41, 5.74) is 0.964. The van der Waals surface area contributed by atoms with Crippen LogP contribution in [0.15, 0.2) is 53.6 Å². The Morgan fingerprint density at radius 1 is 1.25 bits per heavy atom. The van der Waals surface area contributed by atoms with Crippen molar-refractivity contribution in [3.05, 3.63) is 60.2 Å². The fourth-order valence-corrected chi connectivity index (χ4v) is 4.23. The van der Waals surface area contributed by atoms with Crippen LogP contribution in [0.1, 0.15) is 18.5 Å². The summed E-state index contributed by atoms with van der Waals surface area (Å²) in [6.07, 6.45) is 3.43. The van der Waals surface area contributed by atoms with E-state index in [4.69, 9.17) is 0 Å². The zero-order valence-electron chi connectivity index (χ0n) is 13.2. The van der Waals surface area contributed by atoms with Gasteiger partial charge in [-0.15, -0.1) is 0 Å². The molecule has 128 valence electrons. The minimum atomic E-state index is -3.71. The van der Waals surface area contributed by atoms with Gasteiger partial charge >= 0.3 is 0 Å². The number of benzene rings is 1. The fraction of sp³-hybridized carbons (Fsp3) is 0.353. The van der Waals surface area contributed by atoms with Gasteiger partial charge < -0.3 is 0 Å². The molecule has 1 unspecified atom stereocenters. The first-order valence-corrected chi connectivity index (χ1v) is 9.41. The van der Waals surface area contributed by atoms with E-state index >= 15 is 0 Å². The van der Waals surface area contributed by atoms with Crippen LogP contribution in [0.3, 0.4) is 0 Å². The van der Waals surface area contributed by atoms with E-state index in [1.165, 1.54) is 18.2 Å². The Bertz CT molecular complexity index is 783. The second kappa shape index (κ2) is 7.38. The Balaban J connectivity index is 1.64. The van der Waals surface area contributed by atoms with Gasteiger partial charge in [0.1, 0.15) is 5.82 Å². The topological polar surface area (TPSA) is 62.3 Å². The van der Waals surface area contributed by atoms with Crippen molar-refractivity contribution < 1.29 is 12.8 Å². The van der Waals surface area contributed by atoms with Gasteiger partial charge in [0.05, 0.1) is 10.6 Å². The molecule has 0 spiro atoms. The molecule has 1 saturated heterocycles. The third-order valence-corrected chi connectivity index (χ3v) is 5.56. The molecule has 5 nitrogen and oxygen atoms in total. The van der Waals surface area contributed by atoms with Gasteiger partial charge in [0.2, 0.25) is 10.0 Å². The lowest BCUT2D eigenvalue weighted by molar-refractivity contribution is 0.192. The van der Waals surface area contributed by atoms with Crippen molar-refractivity contribution in [3.8, 4) is 0 Å². The van der Waals surface area contributed by atoms with E-state index in [-0.39, 0.29) is 10.9 Å². The van der Waals surface area contributed by atoms with Crippen molar-refractivity contribution in [2.45, 2.75) is 30.3 Å². The van der Waals surface area contributed by atoms with Crippen LogP contribution < -0.4 is 4.72 Å². The molecule has 0 aliphatic carbocycles. The Labute approximate surface area is 141 Å². The molecular weight excluding hydrogens is 329 g/mol. The third-order valence-electron chi connectivity index (χ3n) is 4.05. The first-order valence-electron chi connectivity index (χ1n) is 7.93. The third kappa shape index (κ3) is 4.37. The molecule has 24 heavy (non-hydrogen) atoms. The van der Waals surface area contributed by atoms with E-state index in [1.54, 1.807) is 6.20 Å². The lowest BCUT2D eigenvalue weighted by Crippen LogP contribution is -2.47. The average molecular weight is 349 g/mol. The fourth-order valence-electron chi connectivity index (χ4n) is 2.94. The van der Waals surface area contributed by atoms with Crippen LogP contribution in [0.4, 0.5) is 4.39 Å². The molecule has 7 heteroatoms. The highest BCUT2D eigenvalue weighted by molar-refractivity contribution is 7.89. The van der Waals surface area contributed by atoms with Crippen molar-refractivity contribution in [3.63, 3.8) is 0 Å². The Morgan fingerprint density at radius 2 is 2.12 bits per heavy atom. The number of piperidine rings is 1. The van der Waals surface area contributed by atoms with Crippen molar-refractivity contribution >= 4 is 10.0 Å². The van der Waals surface area contributed by atoms with E-state index in [2.05, 4.69) is 14.6 Å². The van der Waals surface area contributed by atoms with Gasteiger partial charge in [-0.25, -0.2) is 17.5 Å². The molecule has 1 aliphatic rings. The smallest absolute Gasteiger partial charge is 0.240 e. The highest BCUT2D eigenvalue weighted by Gasteiger charge is 2.25. The first kappa shape index (κ1) is 17.0. The maximum atomic E-state index is 13.3. The van der Waals surface area contributed by atoms with Crippen LogP contribution in [0, 0.1) is 5.82 Å². The molecule has 1 aromatic heterocycles.